The van der Waals surface area contributed by atoms with Crippen molar-refractivity contribution in [3.8, 4) is 11.1 Å². The van der Waals surface area contributed by atoms with Crippen molar-refractivity contribution >= 4 is 37.7 Å². The number of nitrogens with zero attached hydrogens (tertiary/aromatic N) is 1. The van der Waals surface area contributed by atoms with E-state index in [1.54, 1.807) is 0 Å². The molecule has 2 atom stereocenters. The maximum Gasteiger partial charge on any atom is 0.0585 e. The zero-order valence-electron chi connectivity index (χ0n) is 15.1. The van der Waals surface area contributed by atoms with E-state index in [9.17, 15) is 0 Å². The molecule has 1 heterocycles. The van der Waals surface area contributed by atoms with Gasteiger partial charge in [0.05, 0.1) is 6.04 Å². The molecule has 0 N–H and O–H groups in total. The highest BCUT2D eigenvalue weighted by Crippen LogP contribution is 2.38. The minimum atomic E-state index is 0.343. The van der Waals surface area contributed by atoms with Crippen molar-refractivity contribution in [3.63, 3.8) is 0 Å². The van der Waals surface area contributed by atoms with Gasteiger partial charge in [0.25, 0.3) is 0 Å². The normalized spacial score (nSPS) is 19.2. The lowest BCUT2D eigenvalue weighted by Crippen LogP contribution is -2.15. The number of halogens is 1. The summed E-state index contributed by atoms with van der Waals surface area (Å²) < 4.78 is 3.61. The van der Waals surface area contributed by atoms with Crippen LogP contribution in [0.4, 0.5) is 0 Å². The summed E-state index contributed by atoms with van der Waals surface area (Å²) in [5.74, 6) is 0.472. The first-order chi connectivity index (χ1) is 13.2. The van der Waals surface area contributed by atoms with Gasteiger partial charge in [0.15, 0.2) is 0 Å². The van der Waals surface area contributed by atoms with Crippen molar-refractivity contribution in [1.82, 2.24) is 4.57 Å². The van der Waals surface area contributed by atoms with Crippen LogP contribution in [0.3, 0.4) is 0 Å². The predicted octanol–water partition coefficient (Wildman–Crippen LogP) is 7.53. The molecule has 0 spiro atoms. The number of hydrogen-bond acceptors (Lipinski definition) is 0. The Morgan fingerprint density at radius 2 is 1.44 bits per heavy atom. The van der Waals surface area contributed by atoms with E-state index in [-0.39, 0.29) is 0 Å². The maximum absolute atomic E-state index is 3.53. The summed E-state index contributed by atoms with van der Waals surface area (Å²) in [6.45, 7) is 2.29. The van der Waals surface area contributed by atoms with E-state index in [2.05, 4.69) is 118 Å². The van der Waals surface area contributed by atoms with E-state index < -0.39 is 0 Å². The molecule has 0 bridgehead atoms. The SMILES string of the molecule is CC1C=CC=CC1n1c2ccccc2c2cc(-c3ccc(Br)cc3)ccc21. The predicted molar refractivity (Wildman–Crippen MR) is 119 cm³/mol. The van der Waals surface area contributed by atoms with Crippen LogP contribution in [0, 0.1) is 5.92 Å². The molecule has 132 valence electrons. The molecule has 0 aliphatic heterocycles. The lowest BCUT2D eigenvalue weighted by molar-refractivity contribution is 0.510. The molecular weight excluding hydrogens is 394 g/mol. The van der Waals surface area contributed by atoms with Gasteiger partial charge in [0.2, 0.25) is 0 Å². The van der Waals surface area contributed by atoms with Crippen LogP contribution < -0.4 is 0 Å². The summed E-state index contributed by atoms with van der Waals surface area (Å²) in [6, 6.07) is 24.5. The Bertz CT molecular complexity index is 1190. The molecule has 1 aliphatic rings. The number of rotatable bonds is 2. The van der Waals surface area contributed by atoms with Crippen molar-refractivity contribution in [3.05, 3.63) is 95.5 Å². The van der Waals surface area contributed by atoms with Gasteiger partial charge in [-0.1, -0.05) is 83.6 Å². The zero-order valence-corrected chi connectivity index (χ0v) is 16.7. The quantitative estimate of drug-likeness (QED) is 0.320. The molecule has 27 heavy (non-hydrogen) atoms. The zero-order chi connectivity index (χ0) is 18.4. The fourth-order valence-corrected chi connectivity index (χ4v) is 4.44. The van der Waals surface area contributed by atoms with Crippen molar-refractivity contribution in [2.45, 2.75) is 13.0 Å². The van der Waals surface area contributed by atoms with Gasteiger partial charge in [-0.15, -0.1) is 0 Å². The summed E-state index contributed by atoms with van der Waals surface area (Å²) >= 11 is 3.53. The van der Waals surface area contributed by atoms with Crippen LogP contribution in [0.25, 0.3) is 32.9 Å². The summed E-state index contributed by atoms with van der Waals surface area (Å²) in [5.41, 5.74) is 5.10. The number of hydrogen-bond donors (Lipinski definition) is 0. The van der Waals surface area contributed by atoms with Crippen LogP contribution in [0.15, 0.2) is 95.5 Å². The minimum Gasteiger partial charge on any atom is -0.333 e. The van der Waals surface area contributed by atoms with E-state index in [1.807, 2.05) is 0 Å². The molecule has 0 fully saturated rings. The van der Waals surface area contributed by atoms with E-state index >= 15 is 0 Å². The van der Waals surface area contributed by atoms with E-state index in [4.69, 9.17) is 0 Å². The van der Waals surface area contributed by atoms with Gasteiger partial charge in [0.1, 0.15) is 0 Å². The molecule has 5 rings (SSSR count). The Morgan fingerprint density at radius 3 is 2.26 bits per heavy atom. The third-order valence-corrected chi connectivity index (χ3v) is 6.09. The van der Waals surface area contributed by atoms with Crippen molar-refractivity contribution < 1.29 is 0 Å². The Morgan fingerprint density at radius 1 is 0.741 bits per heavy atom. The van der Waals surface area contributed by atoms with Crippen LogP contribution in [-0.2, 0) is 0 Å². The highest BCUT2D eigenvalue weighted by Gasteiger charge is 2.21. The standard InChI is InChI=1S/C25H20BrN/c1-17-6-2-4-8-23(17)27-24-9-5-3-7-21(24)22-16-19(12-15-25(22)27)18-10-13-20(26)14-11-18/h2-17,23H,1H3. The Hall–Kier alpha value is -2.58. The topological polar surface area (TPSA) is 4.93 Å². The summed E-state index contributed by atoms with van der Waals surface area (Å²) in [4.78, 5) is 0. The minimum absolute atomic E-state index is 0.343. The van der Waals surface area contributed by atoms with Gasteiger partial charge in [-0.05, 0) is 47.4 Å². The monoisotopic (exact) mass is 413 g/mol. The molecule has 4 aromatic rings. The lowest BCUT2D eigenvalue weighted by atomic mass is 9.96. The Balaban J connectivity index is 1.77. The first-order valence-electron chi connectivity index (χ1n) is 9.36. The lowest BCUT2D eigenvalue weighted by Gasteiger charge is -2.24. The highest BCUT2D eigenvalue weighted by atomic mass is 79.9. The smallest absolute Gasteiger partial charge is 0.0585 e. The van der Waals surface area contributed by atoms with Crippen LogP contribution >= 0.6 is 15.9 Å². The summed E-state index contributed by atoms with van der Waals surface area (Å²) in [7, 11) is 0. The maximum atomic E-state index is 3.53. The molecule has 1 aliphatic carbocycles. The largest absolute Gasteiger partial charge is 0.333 e. The Labute approximate surface area is 167 Å². The number of fused-ring (bicyclic) bond motifs is 3. The molecule has 3 aromatic carbocycles. The average Bonchev–Trinajstić information content (AvgIpc) is 3.03. The van der Waals surface area contributed by atoms with Gasteiger partial charge in [-0.3, -0.25) is 0 Å². The van der Waals surface area contributed by atoms with Gasteiger partial charge in [0, 0.05) is 26.3 Å². The van der Waals surface area contributed by atoms with Gasteiger partial charge in [-0.2, -0.15) is 0 Å². The van der Waals surface area contributed by atoms with Crippen molar-refractivity contribution in [2.24, 2.45) is 5.92 Å². The molecule has 1 nitrogen and oxygen atoms in total. The molecule has 0 saturated heterocycles. The van der Waals surface area contributed by atoms with Gasteiger partial charge in [-0.25, -0.2) is 0 Å². The van der Waals surface area contributed by atoms with Crippen LogP contribution in [0.5, 0.6) is 0 Å². The van der Waals surface area contributed by atoms with E-state index in [1.165, 1.54) is 32.9 Å². The fraction of sp³-hybridized carbons (Fsp3) is 0.120. The Kier molecular flexibility index (Phi) is 4.02. The summed E-state index contributed by atoms with van der Waals surface area (Å²) in [6.07, 6.45) is 8.93. The fourth-order valence-electron chi connectivity index (χ4n) is 4.17. The second-order valence-corrected chi connectivity index (χ2v) is 8.16. The van der Waals surface area contributed by atoms with E-state index in [0.29, 0.717) is 12.0 Å². The molecule has 0 saturated carbocycles. The van der Waals surface area contributed by atoms with Gasteiger partial charge < -0.3 is 4.57 Å². The number of allylic oxidation sites excluding steroid dienone is 4. The first-order valence-corrected chi connectivity index (χ1v) is 10.2. The first kappa shape index (κ1) is 16.6. The third kappa shape index (κ3) is 2.76. The molecule has 2 heteroatoms. The molecule has 0 radical (unpaired) electrons. The van der Waals surface area contributed by atoms with Crippen LogP contribution in [0.2, 0.25) is 0 Å². The molecule has 2 unspecified atom stereocenters. The van der Waals surface area contributed by atoms with Crippen molar-refractivity contribution in [1.29, 1.82) is 0 Å². The third-order valence-electron chi connectivity index (χ3n) is 5.56. The highest BCUT2D eigenvalue weighted by molar-refractivity contribution is 9.10. The van der Waals surface area contributed by atoms with Gasteiger partial charge >= 0.3 is 0 Å². The number of aromatic nitrogens is 1. The summed E-state index contributed by atoms with van der Waals surface area (Å²) in [5, 5.41) is 2.64. The van der Waals surface area contributed by atoms with E-state index in [0.717, 1.165) is 4.47 Å². The second-order valence-electron chi connectivity index (χ2n) is 7.25. The van der Waals surface area contributed by atoms with Crippen LogP contribution in [-0.4, -0.2) is 4.57 Å². The van der Waals surface area contributed by atoms with Crippen molar-refractivity contribution in [2.75, 3.05) is 0 Å². The van der Waals surface area contributed by atoms with Crippen LogP contribution in [0.1, 0.15) is 13.0 Å². The number of benzene rings is 3. The molecule has 0 amide bonds. The number of para-hydroxylation sites is 1. The second kappa shape index (κ2) is 6.54. The average molecular weight is 414 g/mol. The molecular formula is C25H20BrN. The molecule has 1 aromatic heterocycles.